The Bertz CT molecular complexity index is 661. The molecule has 0 fully saturated rings. The van der Waals surface area contributed by atoms with E-state index in [-0.39, 0.29) is 18.4 Å². The minimum absolute atomic E-state index is 0.110. The zero-order valence-corrected chi connectivity index (χ0v) is 13.0. The molecule has 0 spiro atoms. The summed E-state index contributed by atoms with van der Waals surface area (Å²) in [4.78, 5) is 27.8. The first-order chi connectivity index (χ1) is 10.5. The standard InChI is InChI=1S/C17H22N2O3/c1-12(2)10-19(11-17(21)22)16(20)8-7-13-9-18-15-6-4-3-5-14(13)15/h3-6,9,12,18H,7-8,10-11H2,1-2H3,(H,21,22). The summed E-state index contributed by atoms with van der Waals surface area (Å²) >= 11 is 0. The molecule has 22 heavy (non-hydrogen) atoms. The predicted octanol–water partition coefficient (Wildman–Crippen LogP) is 2.67. The molecule has 0 saturated heterocycles. The van der Waals surface area contributed by atoms with E-state index in [4.69, 9.17) is 5.11 Å². The molecule has 5 nitrogen and oxygen atoms in total. The highest BCUT2D eigenvalue weighted by Gasteiger charge is 2.18. The van der Waals surface area contributed by atoms with E-state index in [2.05, 4.69) is 4.98 Å². The number of rotatable bonds is 7. The number of amides is 1. The largest absolute Gasteiger partial charge is 0.480 e. The van der Waals surface area contributed by atoms with Gasteiger partial charge in [0.1, 0.15) is 6.54 Å². The number of carbonyl (C=O) groups is 2. The van der Waals surface area contributed by atoms with Gasteiger partial charge in [-0.05, 0) is 24.0 Å². The van der Waals surface area contributed by atoms with Crippen LogP contribution in [0.3, 0.4) is 0 Å². The number of carboxylic acids is 1. The van der Waals surface area contributed by atoms with Gasteiger partial charge in [-0.1, -0.05) is 32.0 Å². The first-order valence-corrected chi connectivity index (χ1v) is 7.52. The number of aryl methyl sites for hydroxylation is 1. The summed E-state index contributed by atoms with van der Waals surface area (Å²) in [5.41, 5.74) is 2.14. The summed E-state index contributed by atoms with van der Waals surface area (Å²) in [6, 6.07) is 7.95. The van der Waals surface area contributed by atoms with Crippen molar-refractivity contribution in [2.75, 3.05) is 13.1 Å². The molecule has 118 valence electrons. The molecule has 1 amide bonds. The smallest absolute Gasteiger partial charge is 0.323 e. The molecule has 1 aromatic heterocycles. The van der Waals surface area contributed by atoms with Crippen LogP contribution in [0.2, 0.25) is 0 Å². The fraction of sp³-hybridized carbons (Fsp3) is 0.412. The molecule has 0 aliphatic heterocycles. The van der Waals surface area contributed by atoms with Crippen molar-refractivity contribution < 1.29 is 14.7 Å². The average molecular weight is 302 g/mol. The van der Waals surface area contributed by atoms with Gasteiger partial charge in [-0.2, -0.15) is 0 Å². The van der Waals surface area contributed by atoms with Gasteiger partial charge in [0, 0.05) is 30.1 Å². The second kappa shape index (κ2) is 7.11. The second-order valence-corrected chi connectivity index (χ2v) is 5.92. The number of aliphatic carboxylic acids is 1. The number of nitrogens with zero attached hydrogens (tertiary/aromatic N) is 1. The molecule has 0 aliphatic carbocycles. The third kappa shape index (κ3) is 4.10. The molecule has 1 aromatic carbocycles. The van der Waals surface area contributed by atoms with Gasteiger partial charge >= 0.3 is 5.97 Å². The second-order valence-electron chi connectivity index (χ2n) is 5.92. The van der Waals surface area contributed by atoms with Crippen molar-refractivity contribution in [1.29, 1.82) is 0 Å². The first-order valence-electron chi connectivity index (χ1n) is 7.52. The number of hydrogen-bond acceptors (Lipinski definition) is 2. The Morgan fingerprint density at radius 1 is 1.27 bits per heavy atom. The van der Waals surface area contributed by atoms with Crippen LogP contribution in [0.15, 0.2) is 30.5 Å². The topological polar surface area (TPSA) is 73.4 Å². The van der Waals surface area contributed by atoms with E-state index >= 15 is 0 Å². The van der Waals surface area contributed by atoms with E-state index in [0.717, 1.165) is 16.5 Å². The Morgan fingerprint density at radius 3 is 2.68 bits per heavy atom. The molecule has 2 rings (SSSR count). The van der Waals surface area contributed by atoms with E-state index in [1.165, 1.54) is 4.90 Å². The average Bonchev–Trinajstić information content (AvgIpc) is 2.86. The molecule has 0 radical (unpaired) electrons. The summed E-state index contributed by atoms with van der Waals surface area (Å²) in [5.74, 6) is -0.834. The van der Waals surface area contributed by atoms with Crippen LogP contribution in [0.1, 0.15) is 25.8 Å². The van der Waals surface area contributed by atoms with Crippen molar-refractivity contribution in [2.45, 2.75) is 26.7 Å². The van der Waals surface area contributed by atoms with Gasteiger partial charge in [-0.15, -0.1) is 0 Å². The number of benzene rings is 1. The number of aromatic amines is 1. The number of aromatic nitrogens is 1. The Balaban J connectivity index is 2.02. The van der Waals surface area contributed by atoms with Crippen molar-refractivity contribution in [3.8, 4) is 0 Å². The molecule has 5 heteroatoms. The highest BCUT2D eigenvalue weighted by molar-refractivity contribution is 5.85. The van der Waals surface area contributed by atoms with Gasteiger partial charge in [0.25, 0.3) is 0 Å². The van der Waals surface area contributed by atoms with Crippen LogP contribution in [0.5, 0.6) is 0 Å². The van der Waals surface area contributed by atoms with Crippen LogP contribution in [-0.4, -0.2) is 40.0 Å². The molecule has 0 saturated carbocycles. The molecular weight excluding hydrogens is 280 g/mol. The number of para-hydroxylation sites is 1. The van der Waals surface area contributed by atoms with E-state index < -0.39 is 5.97 Å². The Kier molecular flexibility index (Phi) is 5.20. The summed E-state index contributed by atoms with van der Waals surface area (Å²) < 4.78 is 0. The van der Waals surface area contributed by atoms with E-state index in [0.29, 0.717) is 19.4 Å². The van der Waals surface area contributed by atoms with Crippen LogP contribution in [-0.2, 0) is 16.0 Å². The molecule has 0 bridgehead atoms. The molecule has 0 unspecified atom stereocenters. The molecule has 0 aliphatic rings. The van der Waals surface area contributed by atoms with Crippen LogP contribution in [0.4, 0.5) is 0 Å². The van der Waals surface area contributed by atoms with Crippen LogP contribution < -0.4 is 0 Å². The number of hydrogen-bond donors (Lipinski definition) is 2. The van der Waals surface area contributed by atoms with Gasteiger partial charge in [0.2, 0.25) is 5.91 Å². The SMILES string of the molecule is CC(C)CN(CC(=O)O)C(=O)CCc1c[nH]c2ccccc12. The number of carbonyl (C=O) groups excluding carboxylic acids is 1. The quantitative estimate of drug-likeness (QED) is 0.826. The lowest BCUT2D eigenvalue weighted by atomic mass is 10.1. The third-order valence-electron chi connectivity index (χ3n) is 3.55. The number of H-pyrrole nitrogens is 1. The first kappa shape index (κ1) is 16.1. The summed E-state index contributed by atoms with van der Waals surface area (Å²) in [6.07, 6.45) is 2.85. The summed E-state index contributed by atoms with van der Waals surface area (Å²) in [5, 5.41) is 10.1. The Hall–Kier alpha value is -2.30. The zero-order valence-electron chi connectivity index (χ0n) is 13.0. The van der Waals surface area contributed by atoms with Crippen molar-refractivity contribution in [2.24, 2.45) is 5.92 Å². The van der Waals surface area contributed by atoms with Gasteiger partial charge in [-0.3, -0.25) is 9.59 Å². The summed E-state index contributed by atoms with van der Waals surface area (Å²) in [7, 11) is 0. The fourth-order valence-electron chi connectivity index (χ4n) is 2.60. The molecular formula is C17H22N2O3. The molecule has 1 heterocycles. The maximum Gasteiger partial charge on any atom is 0.323 e. The van der Waals surface area contributed by atoms with Crippen molar-refractivity contribution >= 4 is 22.8 Å². The maximum absolute atomic E-state index is 12.3. The lowest BCUT2D eigenvalue weighted by Crippen LogP contribution is -2.38. The van der Waals surface area contributed by atoms with Crippen LogP contribution >= 0.6 is 0 Å². The van der Waals surface area contributed by atoms with Crippen molar-refractivity contribution in [3.63, 3.8) is 0 Å². The minimum atomic E-state index is -0.971. The van der Waals surface area contributed by atoms with Crippen molar-refractivity contribution in [3.05, 3.63) is 36.0 Å². The number of nitrogens with one attached hydrogen (secondary N) is 1. The van der Waals surface area contributed by atoms with E-state index in [9.17, 15) is 9.59 Å². The van der Waals surface area contributed by atoms with E-state index in [1.54, 1.807) is 0 Å². The highest BCUT2D eigenvalue weighted by Crippen LogP contribution is 2.19. The van der Waals surface area contributed by atoms with Crippen LogP contribution in [0.25, 0.3) is 10.9 Å². The highest BCUT2D eigenvalue weighted by atomic mass is 16.4. The zero-order chi connectivity index (χ0) is 16.1. The Morgan fingerprint density at radius 2 is 2.00 bits per heavy atom. The molecule has 2 N–H and O–H groups in total. The lowest BCUT2D eigenvalue weighted by Gasteiger charge is -2.22. The normalized spacial score (nSPS) is 11.0. The summed E-state index contributed by atoms with van der Waals surface area (Å²) in [6.45, 7) is 4.19. The molecule has 0 atom stereocenters. The van der Waals surface area contributed by atoms with E-state index in [1.807, 2.05) is 44.3 Å². The monoisotopic (exact) mass is 302 g/mol. The maximum atomic E-state index is 12.3. The van der Waals surface area contributed by atoms with Gasteiger partial charge in [-0.25, -0.2) is 0 Å². The van der Waals surface area contributed by atoms with Gasteiger partial charge in [0.15, 0.2) is 0 Å². The minimum Gasteiger partial charge on any atom is -0.480 e. The number of fused-ring (bicyclic) bond motifs is 1. The molecule has 2 aromatic rings. The number of carboxylic acid groups (broad SMARTS) is 1. The predicted molar refractivity (Wildman–Crippen MR) is 85.7 cm³/mol. The Labute approximate surface area is 129 Å². The van der Waals surface area contributed by atoms with Gasteiger partial charge < -0.3 is 15.0 Å². The van der Waals surface area contributed by atoms with Gasteiger partial charge in [0.05, 0.1) is 0 Å². The van der Waals surface area contributed by atoms with Crippen LogP contribution in [0, 0.1) is 5.92 Å². The fourth-order valence-corrected chi connectivity index (χ4v) is 2.60. The third-order valence-corrected chi connectivity index (χ3v) is 3.55. The lowest BCUT2D eigenvalue weighted by molar-refractivity contribution is -0.144. The van der Waals surface area contributed by atoms with Crippen molar-refractivity contribution in [1.82, 2.24) is 9.88 Å².